The van der Waals surface area contributed by atoms with Gasteiger partial charge in [-0.05, 0) is 28.1 Å². The van der Waals surface area contributed by atoms with Crippen LogP contribution in [0.25, 0.3) is 11.0 Å². The van der Waals surface area contributed by atoms with Crippen LogP contribution in [0.15, 0.2) is 39.7 Å². The number of para-hydroxylation sites is 2. The normalized spacial score (nSPS) is 10.9. The first-order chi connectivity index (χ1) is 8.72. The Morgan fingerprint density at radius 3 is 2.78 bits per heavy atom. The van der Waals surface area contributed by atoms with Crippen molar-refractivity contribution in [2.45, 2.75) is 6.42 Å². The predicted octanol–water partition coefficient (Wildman–Crippen LogP) is 2.00. The molecule has 5 nitrogen and oxygen atoms in total. The minimum Gasteiger partial charge on any atom is -0.342 e. The number of rotatable bonds is 2. The summed E-state index contributed by atoms with van der Waals surface area (Å²) in [5, 5.41) is 0. The van der Waals surface area contributed by atoms with E-state index in [9.17, 15) is 4.79 Å². The van der Waals surface area contributed by atoms with Gasteiger partial charge in [-0.25, -0.2) is 9.97 Å². The second-order valence-corrected chi connectivity index (χ2v) is 4.74. The van der Waals surface area contributed by atoms with Crippen LogP contribution in [-0.2, 0) is 6.42 Å². The van der Waals surface area contributed by atoms with Gasteiger partial charge in [-0.2, -0.15) is 0 Å². The second kappa shape index (κ2) is 4.38. The van der Waals surface area contributed by atoms with Crippen molar-refractivity contribution in [3.63, 3.8) is 0 Å². The van der Waals surface area contributed by atoms with E-state index in [-0.39, 0.29) is 5.56 Å². The van der Waals surface area contributed by atoms with Crippen LogP contribution in [0.2, 0.25) is 0 Å². The maximum absolute atomic E-state index is 11.4. The Hall–Kier alpha value is -1.95. The summed E-state index contributed by atoms with van der Waals surface area (Å²) in [6, 6.07) is 7.79. The number of nitrogens with zero attached hydrogens (tertiary/aromatic N) is 2. The Balaban J connectivity index is 1.96. The molecular formula is C12H9BrN4O. The van der Waals surface area contributed by atoms with Crippen LogP contribution in [0, 0.1) is 0 Å². The number of aromatic amines is 2. The van der Waals surface area contributed by atoms with E-state index in [1.165, 1.54) is 6.20 Å². The number of H-pyrrole nitrogens is 2. The number of halogens is 1. The number of benzene rings is 1. The molecular weight excluding hydrogens is 296 g/mol. The molecule has 2 N–H and O–H groups in total. The first-order valence-corrected chi connectivity index (χ1v) is 6.19. The SMILES string of the molecule is O=c1[nH]c(Cc2nc3ccccc3[nH]2)ncc1Br. The fraction of sp³-hybridized carbons (Fsp3) is 0.0833. The zero-order valence-electron chi connectivity index (χ0n) is 9.27. The monoisotopic (exact) mass is 304 g/mol. The molecule has 0 spiro atoms. The fourth-order valence-corrected chi connectivity index (χ4v) is 1.96. The van der Waals surface area contributed by atoms with E-state index in [4.69, 9.17) is 0 Å². The van der Waals surface area contributed by atoms with Gasteiger partial charge in [0.05, 0.1) is 17.5 Å². The van der Waals surface area contributed by atoms with Crippen LogP contribution >= 0.6 is 15.9 Å². The molecule has 0 atom stereocenters. The Morgan fingerprint density at radius 2 is 2.00 bits per heavy atom. The summed E-state index contributed by atoms with van der Waals surface area (Å²) < 4.78 is 0.427. The molecule has 3 aromatic rings. The van der Waals surface area contributed by atoms with Crippen molar-refractivity contribution in [1.29, 1.82) is 0 Å². The third-order valence-electron chi connectivity index (χ3n) is 2.58. The Bertz CT molecular complexity index is 729. The van der Waals surface area contributed by atoms with E-state index in [0.717, 1.165) is 16.9 Å². The quantitative estimate of drug-likeness (QED) is 0.760. The van der Waals surface area contributed by atoms with Gasteiger partial charge < -0.3 is 9.97 Å². The van der Waals surface area contributed by atoms with Crippen molar-refractivity contribution in [2.75, 3.05) is 0 Å². The molecule has 0 fully saturated rings. The van der Waals surface area contributed by atoms with E-state index in [0.29, 0.717) is 16.7 Å². The topological polar surface area (TPSA) is 74.4 Å². The smallest absolute Gasteiger partial charge is 0.265 e. The average molecular weight is 305 g/mol. The van der Waals surface area contributed by atoms with Gasteiger partial charge in [0.15, 0.2) is 0 Å². The molecule has 0 aliphatic heterocycles. The maximum Gasteiger partial charge on any atom is 0.265 e. The molecule has 2 aromatic heterocycles. The summed E-state index contributed by atoms with van der Waals surface area (Å²) in [5.74, 6) is 1.36. The molecule has 3 rings (SSSR count). The summed E-state index contributed by atoms with van der Waals surface area (Å²) in [6.45, 7) is 0. The van der Waals surface area contributed by atoms with Crippen LogP contribution in [-0.4, -0.2) is 19.9 Å². The third kappa shape index (κ3) is 2.06. The Labute approximate surface area is 110 Å². The first kappa shape index (κ1) is 11.2. The number of hydrogen-bond acceptors (Lipinski definition) is 3. The molecule has 0 unspecified atom stereocenters. The van der Waals surface area contributed by atoms with Crippen LogP contribution in [0.3, 0.4) is 0 Å². The zero-order valence-corrected chi connectivity index (χ0v) is 10.9. The Morgan fingerprint density at radius 1 is 1.17 bits per heavy atom. The highest BCUT2D eigenvalue weighted by Gasteiger charge is 2.05. The molecule has 1 aromatic carbocycles. The summed E-state index contributed by atoms with van der Waals surface area (Å²) in [4.78, 5) is 25.9. The van der Waals surface area contributed by atoms with E-state index in [1.807, 2.05) is 24.3 Å². The molecule has 0 radical (unpaired) electrons. The minimum absolute atomic E-state index is 0.184. The summed E-state index contributed by atoms with van der Waals surface area (Å²) in [5.41, 5.74) is 1.70. The molecule has 0 saturated carbocycles. The molecule has 0 aliphatic rings. The van der Waals surface area contributed by atoms with Crippen molar-refractivity contribution in [3.8, 4) is 0 Å². The molecule has 0 aliphatic carbocycles. The van der Waals surface area contributed by atoms with Crippen LogP contribution in [0.5, 0.6) is 0 Å². The highest BCUT2D eigenvalue weighted by atomic mass is 79.9. The predicted molar refractivity (Wildman–Crippen MR) is 71.5 cm³/mol. The minimum atomic E-state index is -0.184. The van der Waals surface area contributed by atoms with Crippen LogP contribution in [0.4, 0.5) is 0 Å². The average Bonchev–Trinajstić information content (AvgIpc) is 2.76. The largest absolute Gasteiger partial charge is 0.342 e. The van der Waals surface area contributed by atoms with E-state index in [1.54, 1.807) is 0 Å². The van der Waals surface area contributed by atoms with Crippen molar-refractivity contribution in [3.05, 3.63) is 56.9 Å². The second-order valence-electron chi connectivity index (χ2n) is 3.88. The van der Waals surface area contributed by atoms with Gasteiger partial charge in [0.1, 0.15) is 16.1 Å². The van der Waals surface area contributed by atoms with Gasteiger partial charge in [-0.15, -0.1) is 0 Å². The maximum atomic E-state index is 11.4. The van der Waals surface area contributed by atoms with Crippen LogP contribution < -0.4 is 5.56 Å². The van der Waals surface area contributed by atoms with E-state index >= 15 is 0 Å². The summed E-state index contributed by atoms with van der Waals surface area (Å²) in [6.07, 6.45) is 1.97. The highest BCUT2D eigenvalue weighted by Crippen LogP contribution is 2.11. The van der Waals surface area contributed by atoms with E-state index < -0.39 is 0 Å². The lowest BCUT2D eigenvalue weighted by Gasteiger charge is -1.97. The third-order valence-corrected chi connectivity index (χ3v) is 3.15. The van der Waals surface area contributed by atoms with Gasteiger partial charge in [0, 0.05) is 6.20 Å². The lowest BCUT2D eigenvalue weighted by molar-refractivity contribution is 0.897. The number of aromatic nitrogens is 4. The van der Waals surface area contributed by atoms with Gasteiger partial charge in [-0.3, -0.25) is 4.79 Å². The molecule has 0 bridgehead atoms. The van der Waals surface area contributed by atoms with Gasteiger partial charge in [0.25, 0.3) is 5.56 Å². The molecule has 0 amide bonds. The summed E-state index contributed by atoms with van der Waals surface area (Å²) in [7, 11) is 0. The van der Waals surface area contributed by atoms with Crippen molar-refractivity contribution in [2.24, 2.45) is 0 Å². The Kier molecular flexibility index (Phi) is 2.71. The fourth-order valence-electron chi connectivity index (χ4n) is 1.75. The van der Waals surface area contributed by atoms with Crippen molar-refractivity contribution in [1.82, 2.24) is 19.9 Å². The van der Waals surface area contributed by atoms with Crippen LogP contribution in [0.1, 0.15) is 11.6 Å². The highest BCUT2D eigenvalue weighted by molar-refractivity contribution is 9.10. The van der Waals surface area contributed by atoms with Gasteiger partial charge in [-0.1, -0.05) is 12.1 Å². The molecule has 2 heterocycles. The number of hydrogen-bond donors (Lipinski definition) is 2. The number of nitrogens with one attached hydrogen (secondary N) is 2. The van der Waals surface area contributed by atoms with Crippen molar-refractivity contribution < 1.29 is 0 Å². The van der Waals surface area contributed by atoms with Crippen molar-refractivity contribution >= 4 is 27.0 Å². The lowest BCUT2D eigenvalue weighted by Crippen LogP contribution is -2.12. The van der Waals surface area contributed by atoms with E-state index in [2.05, 4.69) is 35.9 Å². The van der Waals surface area contributed by atoms with Gasteiger partial charge >= 0.3 is 0 Å². The van der Waals surface area contributed by atoms with Gasteiger partial charge in [0.2, 0.25) is 0 Å². The lowest BCUT2D eigenvalue weighted by atomic mass is 10.3. The molecule has 90 valence electrons. The molecule has 18 heavy (non-hydrogen) atoms. The standard InChI is InChI=1S/C12H9BrN4O/c13-7-6-14-10(17-12(7)18)5-11-15-8-3-1-2-4-9(8)16-11/h1-4,6H,5H2,(H,15,16)(H,14,17,18). The molecule has 6 heteroatoms. The zero-order chi connectivity index (χ0) is 12.5. The summed E-state index contributed by atoms with van der Waals surface area (Å²) >= 11 is 3.11. The first-order valence-electron chi connectivity index (χ1n) is 5.40. The number of imidazole rings is 1. The number of fused-ring (bicyclic) bond motifs is 1. The molecule has 0 saturated heterocycles.